The summed E-state index contributed by atoms with van der Waals surface area (Å²) >= 11 is 1.47. The summed E-state index contributed by atoms with van der Waals surface area (Å²) in [5, 5.41) is 23.1. The molecule has 0 radical (unpaired) electrons. The maximum atomic E-state index is 11.1. The molecule has 2 N–H and O–H groups in total. The maximum absolute atomic E-state index is 11.1. The first-order valence-corrected chi connectivity index (χ1v) is 6.93. The number of carboxylic acid groups (broad SMARTS) is 1. The van der Waals surface area contributed by atoms with Gasteiger partial charge in [0.1, 0.15) is 0 Å². The van der Waals surface area contributed by atoms with Crippen LogP contribution in [0.1, 0.15) is 26.5 Å². The number of nitrogens with zero attached hydrogens (tertiary/aromatic N) is 2. The van der Waals surface area contributed by atoms with Crippen molar-refractivity contribution in [2.24, 2.45) is 0 Å². The van der Waals surface area contributed by atoms with Gasteiger partial charge in [-0.15, -0.1) is 11.3 Å². The van der Waals surface area contributed by atoms with Crippen molar-refractivity contribution in [3.63, 3.8) is 0 Å². The van der Waals surface area contributed by atoms with E-state index in [-0.39, 0.29) is 11.3 Å². The van der Waals surface area contributed by atoms with E-state index < -0.39 is 10.9 Å². The molecule has 2 aromatic rings. The lowest BCUT2D eigenvalue weighted by Gasteiger charge is -2.10. The number of hydrogen-bond acceptors (Lipinski definition) is 6. The Balaban J connectivity index is 2.35. The fourth-order valence-corrected chi connectivity index (χ4v) is 2.58. The highest BCUT2D eigenvalue weighted by molar-refractivity contribution is 7.09. The molecule has 7 nitrogen and oxygen atoms in total. The van der Waals surface area contributed by atoms with Crippen LogP contribution in [0.15, 0.2) is 17.6 Å². The van der Waals surface area contributed by atoms with Gasteiger partial charge in [0.15, 0.2) is 0 Å². The van der Waals surface area contributed by atoms with Crippen LogP contribution in [0.25, 0.3) is 0 Å². The van der Waals surface area contributed by atoms with Crippen LogP contribution in [0.4, 0.5) is 11.4 Å². The molecule has 1 aromatic heterocycles. The van der Waals surface area contributed by atoms with Crippen LogP contribution in [0, 0.1) is 24.0 Å². The van der Waals surface area contributed by atoms with E-state index in [0.717, 1.165) is 16.6 Å². The fourth-order valence-electron chi connectivity index (χ4n) is 1.87. The summed E-state index contributed by atoms with van der Waals surface area (Å²) in [5.41, 5.74) is 3.12. The standard InChI is InChI=1S/C13H13N3O4S/c1-7-10(14-5-12-8(2)15-6-21-12)3-9(13(17)18)4-11(7)16(19)20/h3-4,6,14H,5H2,1-2H3,(H,17,18). The van der Waals surface area contributed by atoms with Crippen molar-refractivity contribution >= 4 is 28.7 Å². The lowest BCUT2D eigenvalue weighted by molar-refractivity contribution is -0.385. The Morgan fingerprint density at radius 1 is 1.48 bits per heavy atom. The number of nitrogens with one attached hydrogen (secondary N) is 1. The van der Waals surface area contributed by atoms with E-state index in [0.29, 0.717) is 17.8 Å². The first-order valence-electron chi connectivity index (χ1n) is 6.05. The van der Waals surface area contributed by atoms with Crippen LogP contribution in [0.2, 0.25) is 0 Å². The predicted octanol–water partition coefficient (Wildman–Crippen LogP) is 2.98. The minimum Gasteiger partial charge on any atom is -0.478 e. The van der Waals surface area contributed by atoms with Crippen molar-refractivity contribution in [1.82, 2.24) is 4.98 Å². The van der Waals surface area contributed by atoms with E-state index in [1.165, 1.54) is 17.4 Å². The Morgan fingerprint density at radius 2 is 2.19 bits per heavy atom. The number of benzene rings is 1. The van der Waals surface area contributed by atoms with E-state index in [1.54, 1.807) is 12.4 Å². The van der Waals surface area contributed by atoms with Crippen LogP contribution in [0.5, 0.6) is 0 Å². The fraction of sp³-hybridized carbons (Fsp3) is 0.231. The quantitative estimate of drug-likeness (QED) is 0.650. The van der Waals surface area contributed by atoms with E-state index in [4.69, 9.17) is 5.11 Å². The van der Waals surface area contributed by atoms with E-state index in [2.05, 4.69) is 10.3 Å². The van der Waals surface area contributed by atoms with Crippen molar-refractivity contribution in [1.29, 1.82) is 0 Å². The van der Waals surface area contributed by atoms with E-state index in [9.17, 15) is 14.9 Å². The number of aromatic nitrogens is 1. The Bertz CT molecular complexity index is 711. The first-order chi connectivity index (χ1) is 9.90. The van der Waals surface area contributed by atoms with Gasteiger partial charge in [0.05, 0.1) is 28.2 Å². The second-order valence-electron chi connectivity index (χ2n) is 4.44. The van der Waals surface area contributed by atoms with Gasteiger partial charge in [-0.2, -0.15) is 0 Å². The lowest BCUT2D eigenvalue weighted by atomic mass is 10.1. The Labute approximate surface area is 124 Å². The zero-order valence-electron chi connectivity index (χ0n) is 11.4. The van der Waals surface area contributed by atoms with E-state index in [1.807, 2.05) is 6.92 Å². The molecule has 8 heteroatoms. The Kier molecular flexibility index (Phi) is 4.18. The number of thiazole rings is 1. The molecule has 1 heterocycles. The van der Waals surface area contributed by atoms with Gasteiger partial charge >= 0.3 is 5.97 Å². The summed E-state index contributed by atoms with van der Waals surface area (Å²) in [6.45, 7) is 3.90. The average molecular weight is 307 g/mol. The van der Waals surface area contributed by atoms with Gasteiger partial charge in [-0.1, -0.05) is 0 Å². The van der Waals surface area contributed by atoms with Crippen molar-refractivity contribution in [2.75, 3.05) is 5.32 Å². The Morgan fingerprint density at radius 3 is 2.71 bits per heavy atom. The SMILES string of the molecule is Cc1ncsc1CNc1cc(C(=O)O)cc([N+](=O)[O-])c1C. The number of nitro groups is 1. The second kappa shape index (κ2) is 5.88. The zero-order valence-corrected chi connectivity index (χ0v) is 12.2. The van der Waals surface area contributed by atoms with Crippen molar-refractivity contribution in [3.8, 4) is 0 Å². The molecule has 0 bridgehead atoms. The number of rotatable bonds is 5. The second-order valence-corrected chi connectivity index (χ2v) is 5.38. The smallest absolute Gasteiger partial charge is 0.336 e. The molecule has 0 atom stereocenters. The number of aromatic carboxylic acids is 1. The molecule has 2 rings (SSSR count). The molecular formula is C13H13N3O4S. The van der Waals surface area contributed by atoms with Gasteiger partial charge in [-0.05, 0) is 19.9 Å². The summed E-state index contributed by atoms with van der Waals surface area (Å²) in [5.74, 6) is -1.20. The molecule has 0 amide bonds. The molecule has 0 fully saturated rings. The van der Waals surface area contributed by atoms with Crippen LogP contribution < -0.4 is 5.32 Å². The predicted molar refractivity (Wildman–Crippen MR) is 79.0 cm³/mol. The van der Waals surface area contributed by atoms with Gasteiger partial charge in [-0.3, -0.25) is 10.1 Å². The molecule has 0 spiro atoms. The molecule has 0 aliphatic heterocycles. The molecule has 0 aliphatic carbocycles. The van der Waals surface area contributed by atoms with Gasteiger partial charge in [0.25, 0.3) is 5.69 Å². The van der Waals surface area contributed by atoms with Crippen LogP contribution in [-0.2, 0) is 6.54 Å². The number of carbonyl (C=O) groups is 1. The highest BCUT2D eigenvalue weighted by Gasteiger charge is 2.19. The summed E-state index contributed by atoms with van der Waals surface area (Å²) in [7, 11) is 0. The molecule has 1 aromatic carbocycles. The van der Waals surface area contributed by atoms with Crippen LogP contribution in [0.3, 0.4) is 0 Å². The van der Waals surface area contributed by atoms with Gasteiger partial charge in [0.2, 0.25) is 0 Å². The first kappa shape index (κ1) is 14.9. The topological polar surface area (TPSA) is 105 Å². The third-order valence-electron chi connectivity index (χ3n) is 3.11. The summed E-state index contributed by atoms with van der Waals surface area (Å²) in [6, 6.07) is 2.47. The average Bonchev–Trinajstić information content (AvgIpc) is 2.82. The molecule has 110 valence electrons. The molecule has 0 unspecified atom stereocenters. The van der Waals surface area contributed by atoms with E-state index >= 15 is 0 Å². The third kappa shape index (κ3) is 3.16. The van der Waals surface area contributed by atoms with Crippen molar-refractivity contribution in [2.45, 2.75) is 20.4 Å². The number of anilines is 1. The molecule has 0 saturated heterocycles. The van der Waals surface area contributed by atoms with Crippen LogP contribution >= 0.6 is 11.3 Å². The van der Waals surface area contributed by atoms with Crippen molar-refractivity contribution < 1.29 is 14.8 Å². The number of hydrogen-bond donors (Lipinski definition) is 2. The maximum Gasteiger partial charge on any atom is 0.336 e. The summed E-state index contributed by atoms with van der Waals surface area (Å²) in [6.07, 6.45) is 0. The minimum atomic E-state index is -1.20. The van der Waals surface area contributed by atoms with Crippen molar-refractivity contribution in [3.05, 3.63) is 49.5 Å². The number of aryl methyl sites for hydroxylation is 1. The highest BCUT2D eigenvalue weighted by Crippen LogP contribution is 2.28. The third-order valence-corrected chi connectivity index (χ3v) is 4.04. The minimum absolute atomic E-state index is 0.115. The number of carboxylic acids is 1. The van der Waals surface area contributed by atoms with Gasteiger partial charge < -0.3 is 10.4 Å². The zero-order chi connectivity index (χ0) is 15.6. The largest absolute Gasteiger partial charge is 0.478 e. The van der Waals surface area contributed by atoms with Gasteiger partial charge in [-0.25, -0.2) is 9.78 Å². The molecule has 21 heavy (non-hydrogen) atoms. The van der Waals surface area contributed by atoms with Gasteiger partial charge in [0, 0.05) is 22.2 Å². The highest BCUT2D eigenvalue weighted by atomic mass is 32.1. The Hall–Kier alpha value is -2.48. The lowest BCUT2D eigenvalue weighted by Crippen LogP contribution is -2.06. The molecule has 0 aliphatic rings. The van der Waals surface area contributed by atoms with Crippen LogP contribution in [-0.4, -0.2) is 21.0 Å². The molecular weight excluding hydrogens is 294 g/mol. The number of nitro benzene ring substituents is 1. The monoisotopic (exact) mass is 307 g/mol. The summed E-state index contributed by atoms with van der Waals surface area (Å²) in [4.78, 5) is 26.6. The summed E-state index contributed by atoms with van der Waals surface area (Å²) < 4.78 is 0. The normalized spacial score (nSPS) is 10.4. The molecule has 0 saturated carbocycles.